The number of aliphatic carboxylic acids is 1. The first-order valence-electron chi connectivity index (χ1n) is 20.4. The monoisotopic (exact) mass is 766 g/mol. The van der Waals surface area contributed by atoms with Gasteiger partial charge in [0.15, 0.2) is 12.6 Å². The predicted octanol–water partition coefficient (Wildman–Crippen LogP) is 2.49. The van der Waals surface area contributed by atoms with E-state index in [9.17, 15) is 45.6 Å². The average Bonchev–Trinajstić information content (AvgIpc) is 3.11. The lowest BCUT2D eigenvalue weighted by molar-refractivity contribution is -0.369. The number of hydrogen-bond acceptors (Lipinski definition) is 12. The van der Waals surface area contributed by atoms with Gasteiger partial charge in [-0.25, -0.2) is 0 Å². The number of fused-ring (bicyclic) bond motifs is 7. The minimum absolute atomic E-state index is 0.0177. The fraction of sp³-hybridized carbons (Fsp3) is 0.927. The molecule has 308 valence electrons. The van der Waals surface area contributed by atoms with Crippen molar-refractivity contribution in [1.29, 1.82) is 0 Å². The topological polar surface area (TPSA) is 216 Å². The molecule has 2 aliphatic heterocycles. The molecule has 13 heteroatoms. The molecule has 2 saturated heterocycles. The molecular weight excluding hydrogens is 700 g/mol. The maximum absolute atomic E-state index is 12.9. The van der Waals surface area contributed by atoms with Crippen molar-refractivity contribution in [2.24, 2.45) is 50.7 Å². The van der Waals surface area contributed by atoms with E-state index < -0.39 is 86.0 Å². The van der Waals surface area contributed by atoms with Crippen molar-refractivity contribution in [3.05, 3.63) is 11.6 Å². The fourth-order valence-corrected chi connectivity index (χ4v) is 13.3. The highest BCUT2D eigenvalue weighted by atomic mass is 16.7. The van der Waals surface area contributed by atoms with E-state index in [0.717, 1.165) is 57.8 Å². The standard InChI is InChI=1S/C41H66O13/c1-37(2)15-16-41(36(49)50)14-9-21-20(22(41)17-37)7-8-26-39(21,5)12-10-25-38(3,4)27(11-13-40(25,26)6)53-35-32(48)33(29(45)24(19-43)52-35)54-34-31(47)30(46)28(44)23(18-42)51-34/h7,21-35,42-48H,8-19H2,1-6H3,(H,49,50)/t21-,22+,23-,24-,25+,26+,27+,28+,29-,30+,31-,32-,33+,34+,35+,39+,40+,41-/m1/s1. The summed E-state index contributed by atoms with van der Waals surface area (Å²) in [7, 11) is 0. The zero-order valence-electron chi connectivity index (χ0n) is 32.8. The van der Waals surface area contributed by atoms with Crippen molar-refractivity contribution in [2.45, 2.75) is 173 Å². The number of carboxylic acids is 1. The first-order chi connectivity index (χ1) is 25.3. The number of aliphatic hydroxyl groups is 7. The van der Waals surface area contributed by atoms with Gasteiger partial charge in [-0.05, 0) is 110 Å². The normalized spacial score (nSPS) is 52.5. The van der Waals surface area contributed by atoms with Crippen LogP contribution >= 0.6 is 0 Å². The quantitative estimate of drug-likeness (QED) is 0.138. The van der Waals surface area contributed by atoms with Gasteiger partial charge in [-0.2, -0.15) is 0 Å². The fourth-order valence-electron chi connectivity index (χ4n) is 13.3. The van der Waals surface area contributed by atoms with Crippen molar-refractivity contribution in [3.8, 4) is 0 Å². The minimum Gasteiger partial charge on any atom is -0.481 e. The molecule has 0 radical (unpaired) electrons. The van der Waals surface area contributed by atoms with Gasteiger partial charge in [0.05, 0.1) is 24.7 Å². The molecule has 0 spiro atoms. The van der Waals surface area contributed by atoms with Crippen LogP contribution in [0.25, 0.3) is 0 Å². The number of ether oxygens (including phenoxy) is 4. The summed E-state index contributed by atoms with van der Waals surface area (Å²) in [6, 6.07) is 0. The lowest BCUT2D eigenvalue weighted by atomic mass is 9.37. The number of aliphatic hydroxyl groups excluding tert-OH is 7. The summed E-state index contributed by atoms with van der Waals surface area (Å²) >= 11 is 0. The Bertz CT molecular complexity index is 1430. The van der Waals surface area contributed by atoms with Gasteiger partial charge >= 0.3 is 5.97 Å². The van der Waals surface area contributed by atoms with Crippen molar-refractivity contribution in [3.63, 3.8) is 0 Å². The highest BCUT2D eigenvalue weighted by Crippen LogP contribution is 2.72. The smallest absolute Gasteiger partial charge is 0.310 e. The van der Waals surface area contributed by atoms with E-state index in [1.165, 1.54) is 5.57 Å². The van der Waals surface area contributed by atoms with E-state index in [2.05, 4.69) is 47.6 Å². The van der Waals surface area contributed by atoms with Crippen LogP contribution in [0.1, 0.15) is 106 Å². The second-order valence-corrected chi connectivity index (χ2v) is 20.1. The van der Waals surface area contributed by atoms with E-state index in [0.29, 0.717) is 18.3 Å². The van der Waals surface area contributed by atoms with E-state index in [4.69, 9.17) is 18.9 Å². The van der Waals surface area contributed by atoms with Crippen molar-refractivity contribution in [1.82, 2.24) is 0 Å². The van der Waals surface area contributed by atoms with Gasteiger partial charge in [-0.15, -0.1) is 0 Å². The lowest BCUT2D eigenvalue weighted by Gasteiger charge is -2.68. The van der Waals surface area contributed by atoms with E-state index >= 15 is 0 Å². The molecule has 8 N–H and O–H groups in total. The molecule has 7 rings (SSSR count). The molecule has 18 atom stereocenters. The molecule has 54 heavy (non-hydrogen) atoms. The van der Waals surface area contributed by atoms with Gasteiger partial charge in [0.25, 0.3) is 0 Å². The van der Waals surface area contributed by atoms with E-state index in [1.807, 2.05) is 0 Å². The maximum atomic E-state index is 12.9. The highest BCUT2D eigenvalue weighted by molar-refractivity contribution is 5.76. The third-order valence-corrected chi connectivity index (χ3v) is 16.5. The summed E-state index contributed by atoms with van der Waals surface area (Å²) in [5.41, 5.74) is 0.544. The largest absolute Gasteiger partial charge is 0.481 e. The van der Waals surface area contributed by atoms with Gasteiger partial charge < -0.3 is 59.8 Å². The van der Waals surface area contributed by atoms with Gasteiger partial charge in [0, 0.05) is 0 Å². The van der Waals surface area contributed by atoms with Crippen LogP contribution in [0.15, 0.2) is 11.6 Å². The van der Waals surface area contributed by atoms with Crippen LogP contribution in [0, 0.1) is 50.7 Å². The molecule has 0 unspecified atom stereocenters. The lowest BCUT2D eigenvalue weighted by Crippen LogP contribution is -2.66. The molecule has 5 aliphatic carbocycles. The van der Waals surface area contributed by atoms with E-state index in [1.54, 1.807) is 0 Å². The second-order valence-electron chi connectivity index (χ2n) is 20.1. The first kappa shape index (κ1) is 40.9. The third kappa shape index (κ3) is 6.26. The zero-order chi connectivity index (χ0) is 39.3. The van der Waals surface area contributed by atoms with Gasteiger partial charge in [0.2, 0.25) is 0 Å². The van der Waals surface area contributed by atoms with Gasteiger partial charge in [-0.3, -0.25) is 4.79 Å². The molecule has 0 aromatic rings. The van der Waals surface area contributed by atoms with Crippen LogP contribution < -0.4 is 0 Å². The number of carbonyl (C=O) groups is 1. The van der Waals surface area contributed by atoms with Crippen molar-refractivity contribution < 1.29 is 64.6 Å². The molecule has 6 fully saturated rings. The minimum atomic E-state index is -1.75. The van der Waals surface area contributed by atoms with E-state index in [-0.39, 0.29) is 39.6 Å². The Morgan fingerprint density at radius 2 is 1.33 bits per heavy atom. The number of carboxylic acid groups (broad SMARTS) is 1. The number of rotatable bonds is 7. The summed E-state index contributed by atoms with van der Waals surface area (Å²) in [6.07, 6.45) is -4.16. The Hall–Kier alpha value is -1.23. The van der Waals surface area contributed by atoms with Crippen LogP contribution in [0.3, 0.4) is 0 Å². The van der Waals surface area contributed by atoms with Crippen LogP contribution in [0.4, 0.5) is 0 Å². The Morgan fingerprint density at radius 3 is 1.98 bits per heavy atom. The molecule has 2 heterocycles. The average molecular weight is 767 g/mol. The summed E-state index contributed by atoms with van der Waals surface area (Å²) in [5.74, 6) is 0.509. The Labute approximate surface area is 319 Å². The molecule has 4 saturated carbocycles. The van der Waals surface area contributed by atoms with Gasteiger partial charge in [0.1, 0.15) is 48.8 Å². The number of allylic oxidation sites excluding steroid dienone is 2. The molecule has 0 aromatic carbocycles. The van der Waals surface area contributed by atoms with Crippen LogP contribution in [0.5, 0.6) is 0 Å². The third-order valence-electron chi connectivity index (χ3n) is 16.5. The molecule has 13 nitrogen and oxygen atoms in total. The molecule has 0 aromatic heterocycles. The van der Waals surface area contributed by atoms with Crippen LogP contribution in [-0.2, 0) is 23.7 Å². The maximum Gasteiger partial charge on any atom is 0.310 e. The van der Waals surface area contributed by atoms with Gasteiger partial charge in [-0.1, -0.05) is 53.2 Å². The van der Waals surface area contributed by atoms with Crippen LogP contribution in [-0.4, -0.2) is 128 Å². The Kier molecular flexibility index (Phi) is 10.8. The summed E-state index contributed by atoms with van der Waals surface area (Å²) in [4.78, 5) is 12.9. The Morgan fingerprint density at radius 1 is 0.704 bits per heavy atom. The SMILES string of the molecule is CC1(C)CC[C@]2(C(=O)O)CC[C@@H]3C(=CC[C@H]4[C@@]3(C)CC[C@H]3C(C)(C)[C@@H](O[C@@H]5O[C@H](CO)[C@@H](O)[C@H](O[C@@H]6O[C@H](CO)[C@H](O)[C@H](O)[C@H]6O)[C@H]5O)CC[C@]43C)[C@@H]2C1. The second kappa shape index (κ2) is 14.2. The highest BCUT2D eigenvalue weighted by Gasteiger charge is 2.66. The van der Waals surface area contributed by atoms with Crippen molar-refractivity contribution in [2.75, 3.05) is 13.2 Å². The molecule has 0 bridgehead atoms. The first-order valence-corrected chi connectivity index (χ1v) is 20.4. The summed E-state index contributed by atoms with van der Waals surface area (Å²) in [5, 5.41) is 84.1. The molecule has 7 aliphatic rings. The number of hydrogen-bond donors (Lipinski definition) is 8. The molecular formula is C41H66O13. The van der Waals surface area contributed by atoms with Crippen molar-refractivity contribution >= 4 is 5.97 Å². The predicted molar refractivity (Wildman–Crippen MR) is 193 cm³/mol. The molecule has 0 amide bonds. The summed E-state index contributed by atoms with van der Waals surface area (Å²) in [6.45, 7) is 12.7. The Balaban J connectivity index is 1.10. The zero-order valence-corrected chi connectivity index (χ0v) is 32.8. The summed E-state index contributed by atoms with van der Waals surface area (Å²) < 4.78 is 23.9. The van der Waals surface area contributed by atoms with Crippen LogP contribution in [0.2, 0.25) is 0 Å².